The van der Waals surface area contributed by atoms with E-state index in [2.05, 4.69) is 34.5 Å². The van der Waals surface area contributed by atoms with E-state index in [1.54, 1.807) is 0 Å². The van der Waals surface area contributed by atoms with E-state index < -0.39 is 0 Å². The first-order valence-corrected chi connectivity index (χ1v) is 7.76. The van der Waals surface area contributed by atoms with Crippen molar-refractivity contribution in [2.24, 2.45) is 5.92 Å². The Morgan fingerprint density at radius 2 is 1.95 bits per heavy atom. The molecular formula is C17H24N2O. The highest BCUT2D eigenvalue weighted by Gasteiger charge is 2.45. The molecule has 0 bridgehead atoms. The van der Waals surface area contributed by atoms with Gasteiger partial charge < -0.3 is 10.2 Å². The number of hydrogen-bond acceptors (Lipinski definition) is 2. The first-order chi connectivity index (χ1) is 9.65. The smallest absolute Gasteiger partial charge is 0.225 e. The summed E-state index contributed by atoms with van der Waals surface area (Å²) < 4.78 is 0. The van der Waals surface area contributed by atoms with Crippen molar-refractivity contribution in [2.45, 2.75) is 38.6 Å². The second-order valence-electron chi connectivity index (χ2n) is 6.33. The van der Waals surface area contributed by atoms with E-state index in [0.29, 0.717) is 5.91 Å². The maximum Gasteiger partial charge on any atom is 0.225 e. The summed E-state index contributed by atoms with van der Waals surface area (Å²) in [7, 11) is 0. The lowest BCUT2D eigenvalue weighted by Gasteiger charge is -2.51. The van der Waals surface area contributed by atoms with Crippen LogP contribution in [0.1, 0.15) is 37.8 Å². The number of fused-ring (bicyclic) bond motifs is 2. The molecule has 2 aliphatic heterocycles. The third-order valence-electron chi connectivity index (χ3n) is 4.83. The van der Waals surface area contributed by atoms with Gasteiger partial charge >= 0.3 is 0 Å². The van der Waals surface area contributed by atoms with Crippen LogP contribution in [0, 0.1) is 5.92 Å². The van der Waals surface area contributed by atoms with Crippen molar-refractivity contribution in [3.05, 3.63) is 35.4 Å². The molecule has 3 nitrogen and oxygen atoms in total. The molecule has 1 fully saturated rings. The van der Waals surface area contributed by atoms with Crippen LogP contribution in [0.15, 0.2) is 24.3 Å². The van der Waals surface area contributed by atoms with Gasteiger partial charge in [-0.1, -0.05) is 38.1 Å². The summed E-state index contributed by atoms with van der Waals surface area (Å²) in [5.41, 5.74) is 2.76. The molecule has 0 saturated carbocycles. The molecule has 0 radical (unpaired) electrons. The van der Waals surface area contributed by atoms with Gasteiger partial charge in [-0.2, -0.15) is 0 Å². The van der Waals surface area contributed by atoms with E-state index >= 15 is 0 Å². The van der Waals surface area contributed by atoms with Crippen LogP contribution in [0.5, 0.6) is 0 Å². The summed E-state index contributed by atoms with van der Waals surface area (Å²) >= 11 is 0. The lowest BCUT2D eigenvalue weighted by atomic mass is 9.74. The number of carbonyl (C=O) groups is 1. The average molecular weight is 272 g/mol. The predicted octanol–water partition coefficient (Wildman–Crippen LogP) is 2.31. The van der Waals surface area contributed by atoms with Crippen molar-refractivity contribution in [1.29, 1.82) is 0 Å². The number of hydrogen-bond donors (Lipinski definition) is 1. The van der Waals surface area contributed by atoms with Crippen LogP contribution in [0.2, 0.25) is 0 Å². The number of nitrogens with one attached hydrogen (secondary N) is 1. The van der Waals surface area contributed by atoms with Crippen molar-refractivity contribution < 1.29 is 4.79 Å². The van der Waals surface area contributed by atoms with E-state index in [9.17, 15) is 4.79 Å². The van der Waals surface area contributed by atoms with Crippen molar-refractivity contribution in [1.82, 2.24) is 10.2 Å². The van der Waals surface area contributed by atoms with Gasteiger partial charge in [0.2, 0.25) is 5.91 Å². The maximum atomic E-state index is 12.7. The highest BCUT2D eigenvalue weighted by molar-refractivity contribution is 5.79. The molecule has 2 heterocycles. The lowest BCUT2D eigenvalue weighted by Crippen LogP contribution is -2.58. The fourth-order valence-corrected chi connectivity index (χ4v) is 3.80. The van der Waals surface area contributed by atoms with E-state index in [-0.39, 0.29) is 11.5 Å². The summed E-state index contributed by atoms with van der Waals surface area (Å²) in [4.78, 5) is 14.9. The van der Waals surface area contributed by atoms with Crippen LogP contribution in [-0.4, -0.2) is 30.4 Å². The molecular weight excluding hydrogens is 248 g/mol. The second-order valence-corrected chi connectivity index (χ2v) is 6.33. The van der Waals surface area contributed by atoms with Gasteiger partial charge in [0.15, 0.2) is 0 Å². The Labute approximate surface area is 121 Å². The van der Waals surface area contributed by atoms with Gasteiger partial charge in [-0.15, -0.1) is 0 Å². The molecule has 0 aromatic heterocycles. The second kappa shape index (κ2) is 5.21. The van der Waals surface area contributed by atoms with Gasteiger partial charge in [0.1, 0.15) is 0 Å². The van der Waals surface area contributed by atoms with Gasteiger partial charge in [0, 0.05) is 12.5 Å². The molecule has 1 amide bonds. The monoisotopic (exact) mass is 272 g/mol. The lowest BCUT2D eigenvalue weighted by molar-refractivity contribution is -0.144. The van der Waals surface area contributed by atoms with Gasteiger partial charge in [-0.3, -0.25) is 4.79 Å². The van der Waals surface area contributed by atoms with Gasteiger partial charge in [0.25, 0.3) is 0 Å². The number of rotatable bonds is 1. The molecule has 1 aromatic carbocycles. The van der Waals surface area contributed by atoms with Crippen LogP contribution in [-0.2, 0) is 16.8 Å². The average Bonchev–Trinajstić information content (AvgIpc) is 2.48. The number of amides is 1. The molecule has 20 heavy (non-hydrogen) atoms. The van der Waals surface area contributed by atoms with Gasteiger partial charge in [0.05, 0.1) is 5.54 Å². The third-order valence-corrected chi connectivity index (χ3v) is 4.83. The molecule has 1 aromatic rings. The summed E-state index contributed by atoms with van der Waals surface area (Å²) in [5, 5.41) is 3.44. The number of benzene rings is 1. The summed E-state index contributed by atoms with van der Waals surface area (Å²) in [6.07, 6.45) is 3.05. The van der Waals surface area contributed by atoms with Crippen molar-refractivity contribution in [3.8, 4) is 0 Å². The molecule has 1 N–H and O–H groups in total. The summed E-state index contributed by atoms with van der Waals surface area (Å²) in [6.45, 7) is 6.88. The molecule has 0 aliphatic carbocycles. The van der Waals surface area contributed by atoms with Gasteiger partial charge in [-0.25, -0.2) is 0 Å². The molecule has 0 atom stereocenters. The van der Waals surface area contributed by atoms with E-state index in [1.165, 1.54) is 11.1 Å². The third kappa shape index (κ3) is 2.05. The Hall–Kier alpha value is -1.35. The summed E-state index contributed by atoms with van der Waals surface area (Å²) in [6, 6.07) is 8.70. The van der Waals surface area contributed by atoms with Gasteiger partial charge in [-0.05, 0) is 43.5 Å². The molecule has 3 heteroatoms. The molecule has 1 saturated heterocycles. The van der Waals surface area contributed by atoms with Crippen molar-refractivity contribution >= 4 is 5.91 Å². The highest BCUT2D eigenvalue weighted by Crippen LogP contribution is 2.42. The van der Waals surface area contributed by atoms with Crippen LogP contribution in [0.3, 0.4) is 0 Å². The zero-order valence-electron chi connectivity index (χ0n) is 12.5. The minimum atomic E-state index is -0.0680. The number of carbonyl (C=O) groups excluding carboxylic acids is 1. The molecule has 3 rings (SSSR count). The quantitative estimate of drug-likeness (QED) is 0.851. The maximum absolute atomic E-state index is 12.7. The topological polar surface area (TPSA) is 32.3 Å². The largest absolute Gasteiger partial charge is 0.332 e. The Morgan fingerprint density at radius 3 is 2.65 bits per heavy atom. The molecule has 2 aliphatic rings. The van der Waals surface area contributed by atoms with E-state index in [1.807, 2.05) is 13.8 Å². The predicted molar refractivity (Wildman–Crippen MR) is 80.5 cm³/mol. The van der Waals surface area contributed by atoms with Crippen molar-refractivity contribution in [3.63, 3.8) is 0 Å². The van der Waals surface area contributed by atoms with Crippen LogP contribution < -0.4 is 5.32 Å². The zero-order chi connectivity index (χ0) is 14.2. The highest BCUT2D eigenvalue weighted by atomic mass is 16.2. The van der Waals surface area contributed by atoms with Crippen LogP contribution in [0.4, 0.5) is 0 Å². The molecule has 108 valence electrons. The van der Waals surface area contributed by atoms with Crippen LogP contribution in [0.25, 0.3) is 0 Å². The Morgan fingerprint density at radius 1 is 1.25 bits per heavy atom. The Balaban J connectivity index is 2.07. The van der Waals surface area contributed by atoms with Crippen molar-refractivity contribution in [2.75, 3.05) is 19.6 Å². The Bertz CT molecular complexity index is 503. The first-order valence-electron chi connectivity index (χ1n) is 7.76. The van der Waals surface area contributed by atoms with Crippen LogP contribution >= 0.6 is 0 Å². The fourth-order valence-electron chi connectivity index (χ4n) is 3.80. The minimum Gasteiger partial charge on any atom is -0.332 e. The summed E-state index contributed by atoms with van der Waals surface area (Å²) in [5.74, 6) is 0.383. The standard InChI is InChI=1S/C17H24N2O/c1-13(2)16(20)19-12-7-14-5-3-4-6-15(14)17(19)8-10-18-11-9-17/h3-6,13,18H,7-12H2,1-2H3. The first kappa shape index (κ1) is 13.6. The normalized spacial score (nSPS) is 21.1. The molecule has 1 spiro atoms. The minimum absolute atomic E-state index is 0.0680. The zero-order valence-corrected chi connectivity index (χ0v) is 12.5. The molecule has 0 unspecified atom stereocenters. The SMILES string of the molecule is CC(C)C(=O)N1CCc2ccccc2C12CCNCC2. The van der Waals surface area contributed by atoms with E-state index in [4.69, 9.17) is 0 Å². The number of nitrogens with zero attached hydrogens (tertiary/aromatic N) is 1. The Kier molecular flexibility index (Phi) is 3.55. The number of piperidine rings is 1. The van der Waals surface area contributed by atoms with E-state index in [0.717, 1.165) is 38.9 Å². The fraction of sp³-hybridized carbons (Fsp3) is 0.588.